The first-order valence-corrected chi connectivity index (χ1v) is 9.64. The van der Waals surface area contributed by atoms with Gasteiger partial charge in [0, 0.05) is 22.9 Å². The van der Waals surface area contributed by atoms with Crippen LogP contribution in [-0.2, 0) is 10.5 Å². The molecule has 128 valence electrons. The average Bonchev–Trinajstić information content (AvgIpc) is 3.15. The molecule has 1 aromatic heterocycles. The molecule has 0 radical (unpaired) electrons. The third-order valence-electron chi connectivity index (χ3n) is 4.44. The highest BCUT2D eigenvalue weighted by molar-refractivity contribution is 7.99. The Morgan fingerprint density at radius 3 is 2.92 bits per heavy atom. The second-order valence-corrected chi connectivity index (χ2v) is 7.46. The number of amides is 1. The van der Waals surface area contributed by atoms with Crippen molar-refractivity contribution in [2.75, 3.05) is 12.3 Å². The molecule has 1 aliphatic heterocycles. The van der Waals surface area contributed by atoms with Crippen LogP contribution in [-0.4, -0.2) is 28.3 Å². The van der Waals surface area contributed by atoms with Gasteiger partial charge in [-0.15, -0.1) is 11.8 Å². The van der Waals surface area contributed by atoms with Crippen LogP contribution in [0.15, 0.2) is 28.8 Å². The maximum Gasteiger partial charge on any atom is 0.233 e. The van der Waals surface area contributed by atoms with Crippen molar-refractivity contribution >= 4 is 29.3 Å². The second-order valence-electron chi connectivity index (χ2n) is 6.07. The van der Waals surface area contributed by atoms with Gasteiger partial charge in [-0.05, 0) is 38.3 Å². The summed E-state index contributed by atoms with van der Waals surface area (Å²) in [5, 5.41) is 4.79. The minimum absolute atomic E-state index is 0.102. The minimum atomic E-state index is 0.102. The predicted molar refractivity (Wildman–Crippen MR) is 97.3 cm³/mol. The van der Waals surface area contributed by atoms with Gasteiger partial charge in [0.15, 0.2) is 0 Å². The van der Waals surface area contributed by atoms with Crippen molar-refractivity contribution in [2.45, 2.75) is 38.5 Å². The number of carbonyl (C=O) groups excluding carboxylic acids is 1. The van der Waals surface area contributed by atoms with Gasteiger partial charge < -0.3 is 9.42 Å². The van der Waals surface area contributed by atoms with Crippen LogP contribution in [0.25, 0.3) is 0 Å². The van der Waals surface area contributed by atoms with E-state index in [0.29, 0.717) is 5.75 Å². The number of hydrogen-bond acceptors (Lipinski definition) is 4. The predicted octanol–water partition coefficient (Wildman–Crippen LogP) is 4.54. The molecule has 6 heteroatoms. The highest BCUT2D eigenvalue weighted by Gasteiger charge is 2.33. The molecule has 1 aliphatic rings. The SMILES string of the molecule is Cc1noc(C)c1[C@@H]1CCCN1C(=O)CSCc1ccccc1Cl. The average molecular weight is 365 g/mol. The van der Waals surface area contributed by atoms with E-state index in [9.17, 15) is 4.79 Å². The first kappa shape index (κ1) is 17.4. The van der Waals surface area contributed by atoms with Gasteiger partial charge in [0.25, 0.3) is 0 Å². The lowest BCUT2D eigenvalue weighted by molar-refractivity contribution is -0.129. The molecule has 1 saturated heterocycles. The van der Waals surface area contributed by atoms with Gasteiger partial charge in [0.1, 0.15) is 5.76 Å². The summed E-state index contributed by atoms with van der Waals surface area (Å²) in [4.78, 5) is 14.6. The maximum absolute atomic E-state index is 12.7. The second kappa shape index (κ2) is 7.62. The zero-order chi connectivity index (χ0) is 17.1. The van der Waals surface area contributed by atoms with E-state index in [4.69, 9.17) is 16.1 Å². The summed E-state index contributed by atoms with van der Waals surface area (Å²) in [6.07, 6.45) is 2.00. The fourth-order valence-electron chi connectivity index (χ4n) is 3.28. The van der Waals surface area contributed by atoms with Crippen molar-refractivity contribution < 1.29 is 9.32 Å². The summed E-state index contributed by atoms with van der Waals surface area (Å²) >= 11 is 7.77. The fourth-order valence-corrected chi connectivity index (χ4v) is 4.47. The van der Waals surface area contributed by atoms with Crippen molar-refractivity contribution in [3.05, 3.63) is 51.9 Å². The molecule has 0 spiro atoms. The third kappa shape index (κ3) is 3.62. The summed E-state index contributed by atoms with van der Waals surface area (Å²) in [6.45, 7) is 4.67. The molecule has 0 bridgehead atoms. The van der Waals surface area contributed by atoms with Crippen LogP contribution in [0.4, 0.5) is 0 Å². The lowest BCUT2D eigenvalue weighted by Gasteiger charge is -2.24. The number of hydrogen-bond donors (Lipinski definition) is 0. The van der Waals surface area contributed by atoms with E-state index in [0.717, 1.165) is 52.7 Å². The van der Waals surface area contributed by atoms with Crippen molar-refractivity contribution in [1.82, 2.24) is 10.1 Å². The van der Waals surface area contributed by atoms with Crippen LogP contribution < -0.4 is 0 Å². The van der Waals surface area contributed by atoms with Crippen LogP contribution in [0, 0.1) is 13.8 Å². The summed E-state index contributed by atoms with van der Waals surface area (Å²) in [5.41, 5.74) is 3.04. The number of halogens is 1. The molecular weight excluding hydrogens is 344 g/mol. The van der Waals surface area contributed by atoms with Crippen LogP contribution in [0.5, 0.6) is 0 Å². The standard InChI is InChI=1S/C18H21ClN2O2S/c1-12-18(13(2)23-20-12)16-8-5-9-21(16)17(22)11-24-10-14-6-3-4-7-15(14)19/h3-4,6-7,16H,5,8-11H2,1-2H3/t16-/m0/s1. The monoisotopic (exact) mass is 364 g/mol. The van der Waals surface area contributed by atoms with Crippen LogP contribution in [0.2, 0.25) is 5.02 Å². The van der Waals surface area contributed by atoms with Crippen LogP contribution in [0.3, 0.4) is 0 Å². The summed E-state index contributed by atoms with van der Waals surface area (Å²) in [7, 11) is 0. The molecule has 0 aliphatic carbocycles. The molecular formula is C18H21ClN2O2S. The Labute approximate surface area is 151 Å². The number of aromatic nitrogens is 1. The molecule has 0 saturated carbocycles. The first-order valence-electron chi connectivity index (χ1n) is 8.11. The van der Waals surface area contributed by atoms with E-state index in [1.807, 2.05) is 43.0 Å². The Bertz CT molecular complexity index is 712. The lowest BCUT2D eigenvalue weighted by atomic mass is 10.0. The Morgan fingerprint density at radius 1 is 1.42 bits per heavy atom. The molecule has 1 amide bonds. The summed E-state index contributed by atoms with van der Waals surface area (Å²) in [6, 6.07) is 7.87. The number of likely N-dealkylation sites (tertiary alicyclic amines) is 1. The summed E-state index contributed by atoms with van der Waals surface area (Å²) < 4.78 is 5.28. The number of thioether (sulfide) groups is 1. The fraction of sp³-hybridized carbons (Fsp3) is 0.444. The molecule has 2 heterocycles. The highest BCUT2D eigenvalue weighted by atomic mass is 35.5. The zero-order valence-electron chi connectivity index (χ0n) is 13.9. The Hall–Kier alpha value is -1.46. The van der Waals surface area contributed by atoms with Gasteiger partial charge in [0.2, 0.25) is 5.91 Å². The summed E-state index contributed by atoms with van der Waals surface area (Å²) in [5.74, 6) is 2.20. The molecule has 2 aromatic rings. The number of rotatable bonds is 5. The van der Waals surface area contributed by atoms with E-state index < -0.39 is 0 Å². The van der Waals surface area contributed by atoms with Gasteiger partial charge in [-0.2, -0.15) is 0 Å². The number of aryl methyl sites for hydroxylation is 2. The van der Waals surface area contributed by atoms with E-state index in [-0.39, 0.29) is 11.9 Å². The molecule has 0 unspecified atom stereocenters. The molecule has 1 fully saturated rings. The molecule has 0 N–H and O–H groups in total. The van der Waals surface area contributed by atoms with Crippen molar-refractivity contribution in [2.24, 2.45) is 0 Å². The highest BCUT2D eigenvalue weighted by Crippen LogP contribution is 2.36. The Balaban J connectivity index is 1.61. The molecule has 24 heavy (non-hydrogen) atoms. The van der Waals surface area contributed by atoms with Crippen LogP contribution in [0.1, 0.15) is 41.5 Å². The molecule has 1 atom stereocenters. The number of carbonyl (C=O) groups is 1. The van der Waals surface area contributed by atoms with Crippen LogP contribution >= 0.6 is 23.4 Å². The topological polar surface area (TPSA) is 46.3 Å². The number of nitrogens with zero attached hydrogens (tertiary/aromatic N) is 2. The molecule has 3 rings (SSSR count). The minimum Gasteiger partial charge on any atom is -0.361 e. The van der Waals surface area contributed by atoms with Gasteiger partial charge >= 0.3 is 0 Å². The van der Waals surface area contributed by atoms with E-state index >= 15 is 0 Å². The van der Waals surface area contributed by atoms with Gasteiger partial charge in [-0.25, -0.2) is 0 Å². The Morgan fingerprint density at radius 2 is 2.21 bits per heavy atom. The maximum atomic E-state index is 12.7. The normalized spacial score (nSPS) is 17.5. The van der Waals surface area contributed by atoms with E-state index in [2.05, 4.69) is 5.16 Å². The van der Waals surface area contributed by atoms with Gasteiger partial charge in [0.05, 0.1) is 17.5 Å². The van der Waals surface area contributed by atoms with Gasteiger partial charge in [-0.1, -0.05) is 35.0 Å². The largest absolute Gasteiger partial charge is 0.361 e. The smallest absolute Gasteiger partial charge is 0.233 e. The lowest BCUT2D eigenvalue weighted by Crippen LogP contribution is -2.32. The van der Waals surface area contributed by atoms with E-state index in [1.165, 1.54) is 0 Å². The quantitative estimate of drug-likeness (QED) is 0.781. The van der Waals surface area contributed by atoms with Crippen molar-refractivity contribution in [1.29, 1.82) is 0 Å². The third-order valence-corrected chi connectivity index (χ3v) is 5.77. The zero-order valence-corrected chi connectivity index (χ0v) is 15.5. The van der Waals surface area contributed by atoms with E-state index in [1.54, 1.807) is 11.8 Å². The Kier molecular flexibility index (Phi) is 5.51. The van der Waals surface area contributed by atoms with Crippen molar-refractivity contribution in [3.63, 3.8) is 0 Å². The first-order chi connectivity index (χ1) is 11.6. The molecule has 1 aromatic carbocycles. The van der Waals surface area contributed by atoms with Crippen molar-refractivity contribution in [3.8, 4) is 0 Å². The van der Waals surface area contributed by atoms with Gasteiger partial charge in [-0.3, -0.25) is 4.79 Å². The molecule has 4 nitrogen and oxygen atoms in total. The number of benzene rings is 1.